The molecule has 1 N–H and O–H groups in total. The van der Waals surface area contributed by atoms with Gasteiger partial charge in [0.1, 0.15) is 6.04 Å². The number of amides is 1. The van der Waals surface area contributed by atoms with Crippen LogP contribution in [0.5, 0.6) is 0 Å². The summed E-state index contributed by atoms with van der Waals surface area (Å²) >= 11 is 0. The number of rotatable bonds is 5. The molecular formula is C30H33F3N2O3. The van der Waals surface area contributed by atoms with Gasteiger partial charge in [0.15, 0.2) is 0 Å². The number of fused-ring (bicyclic) bond motifs is 1. The number of hydrogen-bond donors (Lipinski definition) is 1. The van der Waals surface area contributed by atoms with Gasteiger partial charge in [-0.3, -0.25) is 4.79 Å². The van der Waals surface area contributed by atoms with E-state index in [0.717, 1.165) is 48.2 Å². The first kappa shape index (κ1) is 25.3. The Hall–Kier alpha value is -3.03. The van der Waals surface area contributed by atoms with Gasteiger partial charge in [-0.2, -0.15) is 13.2 Å². The average molecular weight is 527 g/mol. The highest BCUT2D eigenvalue weighted by molar-refractivity contribution is 6.04. The number of carbonyl (C=O) groups excluding carboxylic acids is 1. The maximum absolute atomic E-state index is 14.0. The number of aryl methyl sites for hydroxylation is 1. The molecule has 0 aromatic heterocycles. The van der Waals surface area contributed by atoms with Crippen LogP contribution in [0.25, 0.3) is 0 Å². The monoisotopic (exact) mass is 526 g/mol. The van der Waals surface area contributed by atoms with E-state index in [1.807, 2.05) is 24.8 Å². The van der Waals surface area contributed by atoms with Crippen molar-refractivity contribution in [3.63, 3.8) is 0 Å². The highest BCUT2D eigenvalue weighted by atomic mass is 19.4. The van der Waals surface area contributed by atoms with Gasteiger partial charge in [0.2, 0.25) is 0 Å². The molecule has 5 nitrogen and oxygen atoms in total. The first-order valence-electron chi connectivity index (χ1n) is 13.5. The molecule has 0 radical (unpaired) electrons. The number of carbonyl (C=O) groups is 2. The summed E-state index contributed by atoms with van der Waals surface area (Å²) in [5.74, 6) is 0.368. The Kier molecular flexibility index (Phi) is 5.81. The molecule has 5 aliphatic rings. The lowest BCUT2D eigenvalue weighted by molar-refractivity contribution is -0.159. The third-order valence-electron chi connectivity index (χ3n) is 9.70. The number of halogens is 3. The van der Waals surface area contributed by atoms with Crippen LogP contribution >= 0.6 is 0 Å². The van der Waals surface area contributed by atoms with Crippen LogP contribution in [0.3, 0.4) is 0 Å². The van der Waals surface area contributed by atoms with Gasteiger partial charge in [-0.25, -0.2) is 4.79 Å². The molecule has 1 amide bonds. The Morgan fingerprint density at radius 1 is 1.00 bits per heavy atom. The molecule has 0 unspecified atom stereocenters. The minimum Gasteiger partial charge on any atom is -0.480 e. The Morgan fingerprint density at radius 2 is 1.58 bits per heavy atom. The first-order chi connectivity index (χ1) is 17.9. The molecule has 0 saturated heterocycles. The average Bonchev–Trinajstić information content (AvgIpc) is 2.82. The quantitative estimate of drug-likeness (QED) is 0.489. The Balaban J connectivity index is 1.39. The van der Waals surface area contributed by atoms with Crippen molar-refractivity contribution in [1.82, 2.24) is 4.90 Å². The van der Waals surface area contributed by atoms with E-state index >= 15 is 0 Å². The summed E-state index contributed by atoms with van der Waals surface area (Å²) in [6.07, 6.45) is 1.62. The fourth-order valence-electron chi connectivity index (χ4n) is 8.44. The Labute approximate surface area is 220 Å². The molecular weight excluding hydrogens is 493 g/mol. The number of nitrogens with zero attached hydrogens (tertiary/aromatic N) is 2. The smallest absolute Gasteiger partial charge is 0.416 e. The van der Waals surface area contributed by atoms with Gasteiger partial charge in [0.05, 0.1) is 23.5 Å². The summed E-state index contributed by atoms with van der Waals surface area (Å²) in [5, 5.41) is 10.6. The molecule has 1 heterocycles. The maximum Gasteiger partial charge on any atom is 0.416 e. The lowest BCUT2D eigenvalue weighted by atomic mass is 9.47. The van der Waals surface area contributed by atoms with Crippen LogP contribution in [0.4, 0.5) is 18.9 Å². The van der Waals surface area contributed by atoms with Crippen molar-refractivity contribution in [3.05, 3.63) is 64.2 Å². The lowest BCUT2D eigenvalue weighted by Gasteiger charge is -2.60. The van der Waals surface area contributed by atoms with Crippen LogP contribution < -0.4 is 4.90 Å². The van der Waals surface area contributed by atoms with E-state index in [1.165, 1.54) is 31.4 Å². The first-order valence-corrected chi connectivity index (χ1v) is 13.5. The molecule has 4 saturated carbocycles. The Bertz CT molecular complexity index is 1250. The molecule has 0 spiro atoms. The molecule has 4 aliphatic carbocycles. The number of alkyl halides is 3. The largest absolute Gasteiger partial charge is 0.480 e. The zero-order valence-corrected chi connectivity index (χ0v) is 21.7. The number of carboxylic acids is 1. The highest BCUT2D eigenvalue weighted by Gasteiger charge is 2.59. The second-order valence-corrected chi connectivity index (χ2v) is 12.2. The minimum atomic E-state index is -4.42. The molecule has 202 valence electrons. The van der Waals surface area contributed by atoms with Gasteiger partial charge in [-0.15, -0.1) is 0 Å². The topological polar surface area (TPSA) is 60.9 Å². The van der Waals surface area contributed by atoms with Gasteiger partial charge in [-0.05, 0) is 105 Å². The zero-order chi connectivity index (χ0) is 27.0. The van der Waals surface area contributed by atoms with E-state index in [9.17, 15) is 27.9 Å². The van der Waals surface area contributed by atoms with E-state index in [4.69, 9.17) is 0 Å². The highest BCUT2D eigenvalue weighted by Crippen LogP contribution is 2.62. The number of hydrogen-bond acceptors (Lipinski definition) is 3. The normalized spacial score (nSPS) is 29.0. The zero-order valence-electron chi connectivity index (χ0n) is 21.7. The molecule has 1 aliphatic heterocycles. The molecule has 8 heteroatoms. The molecule has 2 aromatic carbocycles. The van der Waals surface area contributed by atoms with Crippen LogP contribution in [0.1, 0.15) is 71.1 Å². The summed E-state index contributed by atoms with van der Waals surface area (Å²) in [6, 6.07) is 7.79. The summed E-state index contributed by atoms with van der Waals surface area (Å²) in [6.45, 7) is 4.26. The van der Waals surface area contributed by atoms with Crippen molar-refractivity contribution >= 4 is 17.6 Å². The third-order valence-corrected chi connectivity index (χ3v) is 9.70. The van der Waals surface area contributed by atoms with Gasteiger partial charge < -0.3 is 14.9 Å². The second-order valence-electron chi connectivity index (χ2n) is 12.2. The van der Waals surface area contributed by atoms with Crippen molar-refractivity contribution in [1.29, 1.82) is 0 Å². The van der Waals surface area contributed by atoms with Gasteiger partial charge in [-0.1, -0.05) is 18.2 Å². The lowest BCUT2D eigenvalue weighted by Crippen LogP contribution is -2.63. The van der Waals surface area contributed by atoms with Crippen molar-refractivity contribution in [2.24, 2.45) is 23.2 Å². The summed E-state index contributed by atoms with van der Waals surface area (Å²) < 4.78 is 39.4. The fourth-order valence-corrected chi connectivity index (χ4v) is 8.44. The van der Waals surface area contributed by atoms with Gasteiger partial charge >= 0.3 is 12.1 Å². The van der Waals surface area contributed by atoms with E-state index in [1.54, 1.807) is 11.0 Å². The van der Waals surface area contributed by atoms with Crippen LogP contribution in [-0.4, -0.2) is 34.6 Å². The number of benzene rings is 2. The molecule has 1 atom stereocenters. The molecule has 4 fully saturated rings. The summed E-state index contributed by atoms with van der Waals surface area (Å²) in [7, 11) is 0. The van der Waals surface area contributed by atoms with Crippen molar-refractivity contribution < 1.29 is 27.9 Å². The van der Waals surface area contributed by atoms with E-state index in [2.05, 4.69) is 0 Å². The van der Waals surface area contributed by atoms with Gasteiger partial charge in [0, 0.05) is 12.0 Å². The number of anilines is 1. The summed E-state index contributed by atoms with van der Waals surface area (Å²) in [5.41, 5.74) is 2.65. The third kappa shape index (κ3) is 4.07. The number of aliphatic carboxylic acids is 1. The van der Waals surface area contributed by atoms with Gasteiger partial charge in [0.25, 0.3) is 5.91 Å². The Morgan fingerprint density at radius 3 is 2.11 bits per heavy atom. The molecule has 2 aromatic rings. The van der Waals surface area contributed by atoms with Crippen LogP contribution in [0.15, 0.2) is 36.4 Å². The number of carboxylic acid groups (broad SMARTS) is 1. The predicted octanol–water partition coefficient (Wildman–Crippen LogP) is 6.41. The van der Waals surface area contributed by atoms with Crippen molar-refractivity contribution in [2.45, 2.75) is 71.1 Å². The fraction of sp³-hybridized carbons (Fsp3) is 0.533. The summed E-state index contributed by atoms with van der Waals surface area (Å²) in [4.78, 5) is 30.5. The van der Waals surface area contributed by atoms with Crippen molar-refractivity contribution in [2.75, 3.05) is 11.6 Å². The standard InChI is InChI=1S/C30H33F3N2O3/c1-17-3-8-24-25(18(17)2)34(15-19-4-6-23(7-5-19)30(31,32)33)16-35(27(24)36)26(28(37)38)29-12-20-9-21(13-29)11-22(10-20)14-29/h3-8,20-22,26H,9-16H2,1-2H3,(H,37,38)/t20?,21?,22?,26-,29?/m1/s1. The molecule has 4 bridgehead atoms. The van der Waals surface area contributed by atoms with E-state index < -0.39 is 29.2 Å². The molecule has 38 heavy (non-hydrogen) atoms. The van der Waals surface area contributed by atoms with E-state index in [-0.39, 0.29) is 19.1 Å². The second kappa shape index (κ2) is 8.75. The van der Waals surface area contributed by atoms with Crippen LogP contribution in [0, 0.1) is 37.0 Å². The molecule has 7 rings (SSSR count). The SMILES string of the molecule is Cc1ccc2c(c1C)N(Cc1ccc(C(F)(F)F)cc1)CN([C@H](C(=O)O)C13CC4CC(CC(C4)C1)C3)C2=O. The minimum absolute atomic E-state index is 0.0931. The van der Waals surface area contributed by atoms with E-state index in [0.29, 0.717) is 28.9 Å². The predicted molar refractivity (Wildman–Crippen MR) is 137 cm³/mol. The van der Waals surface area contributed by atoms with Crippen molar-refractivity contribution in [3.8, 4) is 0 Å². The van der Waals surface area contributed by atoms with Crippen LogP contribution in [-0.2, 0) is 17.5 Å². The maximum atomic E-state index is 14.0. The van der Waals surface area contributed by atoms with Crippen LogP contribution in [0.2, 0.25) is 0 Å².